The number of para-hydroxylation sites is 1. The normalized spacial score (nSPS) is 20.8. The smallest absolute Gasteiger partial charge is 0.414 e. The Labute approximate surface area is 189 Å². The number of ether oxygens (including phenoxy) is 1. The van der Waals surface area contributed by atoms with Crippen LogP contribution >= 0.6 is 0 Å². The molecule has 1 fully saturated rings. The lowest BCUT2D eigenvalue weighted by molar-refractivity contribution is -0.0618. The zero-order chi connectivity index (χ0) is 23.5. The van der Waals surface area contributed by atoms with Crippen LogP contribution < -0.4 is 4.74 Å². The highest BCUT2D eigenvalue weighted by Gasteiger charge is 2.40. The lowest BCUT2D eigenvalue weighted by atomic mass is 9.71. The Morgan fingerprint density at radius 1 is 1.09 bits per heavy atom. The SMILES string of the molecule is CN(C)CC1CCCCC1(O)c1cccc(-c2cccc(C(=O)O)c2OC(=O)N(C)C)c1. The molecule has 1 amide bonds. The zero-order valence-electron chi connectivity index (χ0n) is 19.2. The van der Waals surface area contributed by atoms with E-state index in [0.29, 0.717) is 17.5 Å². The molecule has 1 aliphatic carbocycles. The first kappa shape index (κ1) is 23.8. The number of aliphatic hydroxyl groups is 1. The molecule has 2 aromatic rings. The van der Waals surface area contributed by atoms with E-state index in [0.717, 1.165) is 31.4 Å². The third-order valence-corrected chi connectivity index (χ3v) is 6.09. The fraction of sp³-hybridized carbons (Fsp3) is 0.440. The summed E-state index contributed by atoms with van der Waals surface area (Å²) in [5.41, 5.74) is 0.918. The molecule has 172 valence electrons. The van der Waals surface area contributed by atoms with Crippen LogP contribution in [0, 0.1) is 5.92 Å². The minimum Gasteiger partial charge on any atom is -0.478 e. The van der Waals surface area contributed by atoms with Crippen LogP contribution in [0.2, 0.25) is 0 Å². The third kappa shape index (κ3) is 4.95. The summed E-state index contributed by atoms with van der Waals surface area (Å²) in [6, 6.07) is 12.3. The minimum atomic E-state index is -1.18. The molecule has 3 rings (SSSR count). The second-order valence-corrected chi connectivity index (χ2v) is 8.96. The van der Waals surface area contributed by atoms with E-state index in [9.17, 15) is 19.8 Å². The van der Waals surface area contributed by atoms with Gasteiger partial charge in [0.2, 0.25) is 0 Å². The van der Waals surface area contributed by atoms with Gasteiger partial charge in [-0.1, -0.05) is 43.2 Å². The molecule has 0 heterocycles. The number of carboxylic acid groups (broad SMARTS) is 1. The topological polar surface area (TPSA) is 90.3 Å². The summed E-state index contributed by atoms with van der Waals surface area (Å²) >= 11 is 0. The Morgan fingerprint density at radius 2 is 1.81 bits per heavy atom. The van der Waals surface area contributed by atoms with Gasteiger partial charge in [-0.3, -0.25) is 0 Å². The Hall–Kier alpha value is -2.90. The molecule has 7 heteroatoms. The summed E-state index contributed by atoms with van der Waals surface area (Å²) in [6.07, 6.45) is 3.00. The molecule has 2 unspecified atom stereocenters. The molecule has 0 aliphatic heterocycles. The number of amides is 1. The van der Waals surface area contributed by atoms with E-state index in [1.807, 2.05) is 38.4 Å². The standard InChI is InChI=1S/C25H32N2O5/c1-26(2)16-19-10-5-6-14-25(19,31)18-11-7-9-17(15-18)20-12-8-13-21(23(28)29)22(20)32-24(30)27(3)4/h7-9,11-13,15,19,31H,5-6,10,14,16H2,1-4H3,(H,28,29). The van der Waals surface area contributed by atoms with Crippen molar-refractivity contribution in [3.63, 3.8) is 0 Å². The number of aromatic carboxylic acids is 1. The second kappa shape index (κ2) is 9.71. The highest BCUT2D eigenvalue weighted by molar-refractivity contribution is 5.95. The van der Waals surface area contributed by atoms with E-state index in [2.05, 4.69) is 4.90 Å². The van der Waals surface area contributed by atoms with E-state index in [-0.39, 0.29) is 17.2 Å². The molecule has 7 nitrogen and oxygen atoms in total. The number of benzene rings is 2. The molecule has 0 spiro atoms. The predicted octanol–water partition coefficient (Wildman–Crippen LogP) is 4.05. The number of hydrogen-bond acceptors (Lipinski definition) is 5. The Balaban J connectivity index is 2.08. The maximum absolute atomic E-state index is 12.2. The molecule has 1 saturated carbocycles. The number of nitrogens with zero attached hydrogens (tertiary/aromatic N) is 2. The fourth-order valence-corrected chi connectivity index (χ4v) is 4.47. The van der Waals surface area contributed by atoms with Gasteiger partial charge in [-0.15, -0.1) is 0 Å². The third-order valence-electron chi connectivity index (χ3n) is 6.09. The molecule has 0 bridgehead atoms. The first-order valence-electron chi connectivity index (χ1n) is 10.9. The van der Waals surface area contributed by atoms with E-state index in [4.69, 9.17) is 4.74 Å². The van der Waals surface area contributed by atoms with Crippen molar-refractivity contribution in [2.24, 2.45) is 5.92 Å². The van der Waals surface area contributed by atoms with E-state index >= 15 is 0 Å². The van der Waals surface area contributed by atoms with Crippen molar-refractivity contribution in [2.75, 3.05) is 34.7 Å². The van der Waals surface area contributed by atoms with Gasteiger partial charge in [-0.25, -0.2) is 9.59 Å². The van der Waals surface area contributed by atoms with E-state index in [1.54, 1.807) is 12.1 Å². The quantitative estimate of drug-likeness (QED) is 0.704. The average molecular weight is 441 g/mol. The molecule has 2 aromatic carbocycles. The second-order valence-electron chi connectivity index (χ2n) is 8.96. The van der Waals surface area contributed by atoms with Crippen molar-refractivity contribution >= 4 is 12.1 Å². The van der Waals surface area contributed by atoms with Crippen LogP contribution in [0.3, 0.4) is 0 Å². The fourth-order valence-electron chi connectivity index (χ4n) is 4.47. The van der Waals surface area contributed by atoms with Gasteiger partial charge in [0.25, 0.3) is 0 Å². The molecule has 1 aliphatic rings. The van der Waals surface area contributed by atoms with Crippen molar-refractivity contribution in [3.8, 4) is 16.9 Å². The monoisotopic (exact) mass is 440 g/mol. The van der Waals surface area contributed by atoms with Crippen molar-refractivity contribution in [1.29, 1.82) is 0 Å². The van der Waals surface area contributed by atoms with Crippen LogP contribution in [0.4, 0.5) is 4.79 Å². The minimum absolute atomic E-state index is 0.00340. The number of carbonyl (C=O) groups is 2. The van der Waals surface area contributed by atoms with E-state index < -0.39 is 17.7 Å². The van der Waals surface area contributed by atoms with Crippen LogP contribution in [0.1, 0.15) is 41.6 Å². The van der Waals surface area contributed by atoms with Gasteiger partial charge < -0.3 is 24.7 Å². The number of rotatable bonds is 6. The van der Waals surface area contributed by atoms with Crippen molar-refractivity contribution in [1.82, 2.24) is 9.80 Å². The van der Waals surface area contributed by atoms with Gasteiger partial charge in [0.05, 0.1) is 5.60 Å². The molecule has 2 N–H and O–H groups in total. The summed E-state index contributed by atoms with van der Waals surface area (Å²) in [7, 11) is 7.09. The van der Waals surface area contributed by atoms with Crippen LogP contribution in [0.15, 0.2) is 42.5 Å². The van der Waals surface area contributed by atoms with Crippen molar-refractivity contribution in [2.45, 2.75) is 31.3 Å². The van der Waals surface area contributed by atoms with Crippen molar-refractivity contribution in [3.05, 3.63) is 53.6 Å². The van der Waals surface area contributed by atoms with Gasteiger partial charge in [0.15, 0.2) is 5.75 Å². The lowest BCUT2D eigenvalue weighted by Crippen LogP contribution is -2.43. The maximum atomic E-state index is 12.2. The number of carbonyl (C=O) groups excluding carboxylic acids is 1. The number of hydrogen-bond donors (Lipinski definition) is 2. The van der Waals surface area contributed by atoms with Gasteiger partial charge >= 0.3 is 12.1 Å². The molecule has 0 saturated heterocycles. The van der Waals surface area contributed by atoms with Crippen LogP contribution in [-0.4, -0.2) is 66.8 Å². The Bertz CT molecular complexity index is 988. The maximum Gasteiger partial charge on any atom is 0.414 e. The molecule has 32 heavy (non-hydrogen) atoms. The summed E-state index contributed by atoms with van der Waals surface area (Å²) in [4.78, 5) is 27.4. The molecular formula is C25H32N2O5. The highest BCUT2D eigenvalue weighted by Crippen LogP contribution is 2.43. The molecule has 0 radical (unpaired) electrons. The van der Waals surface area contributed by atoms with Crippen molar-refractivity contribution < 1.29 is 24.5 Å². The highest BCUT2D eigenvalue weighted by atomic mass is 16.6. The summed E-state index contributed by atoms with van der Waals surface area (Å²) in [6.45, 7) is 0.779. The summed E-state index contributed by atoms with van der Waals surface area (Å²) < 4.78 is 5.48. The van der Waals surface area contributed by atoms with Gasteiger partial charge in [-0.05, 0) is 50.2 Å². The molecule has 2 atom stereocenters. The zero-order valence-corrected chi connectivity index (χ0v) is 19.2. The van der Waals surface area contributed by atoms with Gasteiger partial charge in [0, 0.05) is 32.1 Å². The Morgan fingerprint density at radius 3 is 2.47 bits per heavy atom. The first-order valence-corrected chi connectivity index (χ1v) is 10.9. The van der Waals surface area contributed by atoms with Gasteiger partial charge in [0.1, 0.15) is 5.56 Å². The molecular weight excluding hydrogens is 408 g/mol. The molecule has 0 aromatic heterocycles. The average Bonchev–Trinajstić information content (AvgIpc) is 2.75. The first-order chi connectivity index (χ1) is 15.1. The van der Waals surface area contributed by atoms with E-state index in [1.165, 1.54) is 25.1 Å². The largest absolute Gasteiger partial charge is 0.478 e. The predicted molar refractivity (Wildman–Crippen MR) is 123 cm³/mol. The van der Waals surface area contributed by atoms with Crippen LogP contribution in [0.5, 0.6) is 5.75 Å². The van der Waals surface area contributed by atoms with Crippen LogP contribution in [-0.2, 0) is 5.60 Å². The lowest BCUT2D eigenvalue weighted by Gasteiger charge is -2.42. The Kier molecular flexibility index (Phi) is 7.21. The van der Waals surface area contributed by atoms with Crippen LogP contribution in [0.25, 0.3) is 11.1 Å². The van der Waals surface area contributed by atoms with Gasteiger partial charge in [-0.2, -0.15) is 0 Å². The summed E-state index contributed by atoms with van der Waals surface area (Å²) in [5.74, 6) is -1.09. The summed E-state index contributed by atoms with van der Waals surface area (Å²) in [5, 5.41) is 21.4. The number of carboxylic acids is 1.